The number of hydrogen-bond donors (Lipinski definition) is 3. The lowest BCUT2D eigenvalue weighted by Gasteiger charge is -2.19. The maximum Gasteiger partial charge on any atom is 0.305 e. The molecule has 7 nitrogen and oxygen atoms in total. The lowest BCUT2D eigenvalue weighted by Crippen LogP contribution is -2.31. The molecule has 3 rings (SSSR count). The molecule has 156 valence electrons. The van der Waals surface area contributed by atoms with Crippen LogP contribution >= 0.6 is 0 Å². The van der Waals surface area contributed by atoms with Crippen molar-refractivity contribution in [2.24, 2.45) is 0 Å². The highest BCUT2D eigenvalue weighted by Gasteiger charge is 2.23. The number of carboxylic acids is 1. The molecule has 1 aromatic heterocycles. The first-order chi connectivity index (χ1) is 14.2. The predicted molar refractivity (Wildman–Crippen MR) is 98.7 cm³/mol. The largest absolute Gasteiger partial charge is 0.493 e. The molecule has 3 aromatic rings. The number of hydrogen-bond acceptors (Lipinski definition) is 4. The number of carboxylic acid groups (broad SMARTS) is 1. The van der Waals surface area contributed by atoms with E-state index < -0.39 is 47.7 Å². The van der Waals surface area contributed by atoms with Gasteiger partial charge in [0.1, 0.15) is 17.3 Å². The number of amides is 1. The Balaban J connectivity index is 1.90. The van der Waals surface area contributed by atoms with Gasteiger partial charge in [0.2, 0.25) is 5.88 Å². The summed E-state index contributed by atoms with van der Waals surface area (Å²) in [6.07, 6.45) is -0.489. The van der Waals surface area contributed by atoms with Gasteiger partial charge >= 0.3 is 5.97 Å². The Kier molecular flexibility index (Phi) is 5.77. The molecule has 0 aliphatic carbocycles. The van der Waals surface area contributed by atoms with E-state index in [0.29, 0.717) is 21.9 Å². The summed E-state index contributed by atoms with van der Waals surface area (Å²) in [6, 6.07) is 6.24. The number of nitrogens with zero attached hydrogens (tertiary/aromatic N) is 2. The highest BCUT2D eigenvalue weighted by molar-refractivity contribution is 5.93. The number of aromatic hydroxyl groups is 1. The number of halogens is 3. The Morgan fingerprint density at radius 1 is 1.10 bits per heavy atom. The highest BCUT2D eigenvalue weighted by Crippen LogP contribution is 2.24. The van der Waals surface area contributed by atoms with E-state index in [0.717, 1.165) is 24.3 Å². The van der Waals surface area contributed by atoms with Crippen molar-refractivity contribution in [2.45, 2.75) is 19.4 Å². The predicted octanol–water partition coefficient (Wildman–Crippen LogP) is 3.25. The van der Waals surface area contributed by atoms with Gasteiger partial charge in [0, 0.05) is 12.1 Å². The van der Waals surface area contributed by atoms with E-state index in [1.165, 1.54) is 12.1 Å². The van der Waals surface area contributed by atoms with Crippen LogP contribution in [0.2, 0.25) is 0 Å². The van der Waals surface area contributed by atoms with Crippen molar-refractivity contribution in [3.8, 4) is 11.6 Å². The standard InChI is InChI=1S/C20H16F3N3O4/c1-10-6-11(21)2-4-13(10)15(9-19(28)29)24-20(30)16-8-18(27)26(25-16)17-5-3-12(22)7-14(17)23/h2-8,15,27H,9H2,1H3,(H,24,30)(H,28,29). The topological polar surface area (TPSA) is 104 Å². The quantitative estimate of drug-likeness (QED) is 0.569. The van der Waals surface area contributed by atoms with Crippen LogP contribution in [0.25, 0.3) is 5.69 Å². The number of aromatic nitrogens is 2. The minimum absolute atomic E-state index is 0.288. The van der Waals surface area contributed by atoms with Crippen LogP contribution in [0.5, 0.6) is 5.88 Å². The van der Waals surface area contributed by atoms with Gasteiger partial charge in [0.25, 0.3) is 5.91 Å². The smallest absolute Gasteiger partial charge is 0.305 e. The van der Waals surface area contributed by atoms with Crippen molar-refractivity contribution in [3.63, 3.8) is 0 Å². The van der Waals surface area contributed by atoms with Gasteiger partial charge < -0.3 is 15.5 Å². The van der Waals surface area contributed by atoms with Crippen LogP contribution in [0.1, 0.15) is 34.1 Å². The third-order valence-corrected chi connectivity index (χ3v) is 4.35. The summed E-state index contributed by atoms with van der Waals surface area (Å²) in [4.78, 5) is 23.8. The third kappa shape index (κ3) is 4.43. The first kappa shape index (κ1) is 20.9. The van der Waals surface area contributed by atoms with Crippen molar-refractivity contribution in [1.82, 2.24) is 15.1 Å². The first-order valence-corrected chi connectivity index (χ1v) is 8.69. The summed E-state index contributed by atoms with van der Waals surface area (Å²) in [7, 11) is 0. The molecule has 2 aromatic carbocycles. The Bertz CT molecular complexity index is 1130. The lowest BCUT2D eigenvalue weighted by molar-refractivity contribution is -0.137. The number of benzene rings is 2. The van der Waals surface area contributed by atoms with Gasteiger partial charge in [-0.15, -0.1) is 0 Å². The van der Waals surface area contributed by atoms with E-state index in [4.69, 9.17) is 5.11 Å². The highest BCUT2D eigenvalue weighted by atomic mass is 19.1. The van der Waals surface area contributed by atoms with Gasteiger partial charge in [0.15, 0.2) is 11.5 Å². The SMILES string of the molecule is Cc1cc(F)ccc1C(CC(=O)O)NC(=O)c1cc(O)n(-c2ccc(F)cc2F)n1. The van der Waals surface area contributed by atoms with Gasteiger partial charge in [-0.3, -0.25) is 9.59 Å². The molecule has 0 bridgehead atoms. The second-order valence-corrected chi connectivity index (χ2v) is 6.52. The molecule has 0 aliphatic rings. The molecule has 0 saturated heterocycles. The van der Waals surface area contributed by atoms with Crippen molar-refractivity contribution in [3.05, 3.63) is 76.7 Å². The van der Waals surface area contributed by atoms with Crippen molar-refractivity contribution < 1.29 is 33.0 Å². The normalized spacial score (nSPS) is 11.9. The zero-order chi connectivity index (χ0) is 22.0. The summed E-state index contributed by atoms with van der Waals surface area (Å²) >= 11 is 0. The number of aryl methyl sites for hydroxylation is 1. The molecule has 1 heterocycles. The number of rotatable bonds is 6. The first-order valence-electron chi connectivity index (χ1n) is 8.69. The maximum absolute atomic E-state index is 14.0. The summed E-state index contributed by atoms with van der Waals surface area (Å²) in [5.41, 5.74) is 0.208. The molecule has 0 aliphatic heterocycles. The van der Waals surface area contributed by atoms with Gasteiger partial charge in [-0.25, -0.2) is 13.2 Å². The summed E-state index contributed by atoms with van der Waals surface area (Å²) in [6.45, 7) is 1.57. The van der Waals surface area contributed by atoms with E-state index in [9.17, 15) is 27.9 Å². The van der Waals surface area contributed by atoms with Gasteiger partial charge in [-0.2, -0.15) is 9.78 Å². The molecule has 10 heteroatoms. The number of carbonyl (C=O) groups excluding carboxylic acids is 1. The van der Waals surface area contributed by atoms with Crippen LogP contribution in [-0.4, -0.2) is 31.9 Å². The fraction of sp³-hybridized carbons (Fsp3) is 0.150. The molecule has 0 fully saturated rings. The zero-order valence-electron chi connectivity index (χ0n) is 15.6. The maximum atomic E-state index is 14.0. The van der Waals surface area contributed by atoms with Crippen molar-refractivity contribution >= 4 is 11.9 Å². The monoisotopic (exact) mass is 419 g/mol. The zero-order valence-corrected chi connectivity index (χ0v) is 15.6. The van der Waals surface area contributed by atoms with E-state index in [1.54, 1.807) is 6.92 Å². The van der Waals surface area contributed by atoms with Gasteiger partial charge in [0.05, 0.1) is 12.5 Å². The van der Waals surface area contributed by atoms with Crippen molar-refractivity contribution in [1.29, 1.82) is 0 Å². The van der Waals surface area contributed by atoms with Gasteiger partial charge in [-0.05, 0) is 42.3 Å². The molecule has 0 spiro atoms. The van der Waals surface area contributed by atoms with E-state index in [1.807, 2.05) is 0 Å². The molecular weight excluding hydrogens is 403 g/mol. The Hall–Kier alpha value is -3.82. The van der Waals surface area contributed by atoms with Crippen LogP contribution < -0.4 is 5.32 Å². The fourth-order valence-corrected chi connectivity index (χ4v) is 2.99. The van der Waals surface area contributed by atoms with E-state index in [2.05, 4.69) is 10.4 Å². The van der Waals surface area contributed by atoms with Crippen LogP contribution in [0.4, 0.5) is 13.2 Å². The summed E-state index contributed by atoms with van der Waals surface area (Å²) in [5.74, 6) is -4.98. The van der Waals surface area contributed by atoms with E-state index >= 15 is 0 Å². The minimum atomic E-state index is -1.20. The number of aliphatic carboxylic acids is 1. The minimum Gasteiger partial charge on any atom is -0.493 e. The molecule has 1 amide bonds. The molecule has 3 N–H and O–H groups in total. The molecule has 1 atom stereocenters. The molecule has 0 radical (unpaired) electrons. The second-order valence-electron chi connectivity index (χ2n) is 6.52. The number of carbonyl (C=O) groups is 2. The Labute approximate surface area is 168 Å². The molecule has 30 heavy (non-hydrogen) atoms. The Morgan fingerprint density at radius 2 is 1.77 bits per heavy atom. The average Bonchev–Trinajstić information content (AvgIpc) is 3.02. The van der Waals surface area contributed by atoms with Gasteiger partial charge in [-0.1, -0.05) is 6.07 Å². The van der Waals surface area contributed by atoms with Crippen LogP contribution in [0, 0.1) is 24.4 Å². The molecule has 0 saturated carbocycles. The average molecular weight is 419 g/mol. The van der Waals surface area contributed by atoms with Crippen molar-refractivity contribution in [2.75, 3.05) is 0 Å². The number of nitrogens with one attached hydrogen (secondary N) is 1. The molecular formula is C20H16F3N3O4. The van der Waals surface area contributed by atoms with Crippen LogP contribution in [0.15, 0.2) is 42.5 Å². The molecule has 1 unspecified atom stereocenters. The van der Waals surface area contributed by atoms with Crippen LogP contribution in [-0.2, 0) is 4.79 Å². The lowest BCUT2D eigenvalue weighted by atomic mass is 9.98. The Morgan fingerprint density at radius 3 is 2.40 bits per heavy atom. The van der Waals surface area contributed by atoms with Crippen LogP contribution in [0.3, 0.4) is 0 Å². The summed E-state index contributed by atoms with van der Waals surface area (Å²) < 4.78 is 41.1. The third-order valence-electron chi connectivity index (χ3n) is 4.35. The second kappa shape index (κ2) is 8.27. The fourth-order valence-electron chi connectivity index (χ4n) is 2.99. The van der Waals surface area contributed by atoms with E-state index in [-0.39, 0.29) is 11.4 Å². The summed E-state index contributed by atoms with van der Waals surface area (Å²) in [5, 5.41) is 25.5.